The van der Waals surface area contributed by atoms with E-state index in [0.717, 1.165) is 0 Å². The van der Waals surface area contributed by atoms with Gasteiger partial charge in [-0.2, -0.15) is 0 Å². The van der Waals surface area contributed by atoms with Gasteiger partial charge in [-0.05, 0) is 38.1 Å². The van der Waals surface area contributed by atoms with E-state index in [1.807, 2.05) is 13.8 Å². The summed E-state index contributed by atoms with van der Waals surface area (Å²) in [4.78, 5) is 10.4. The summed E-state index contributed by atoms with van der Waals surface area (Å²) in [7, 11) is 0. The molecule has 1 aromatic rings. The molecule has 0 aromatic heterocycles. The van der Waals surface area contributed by atoms with E-state index in [2.05, 4.69) is 0 Å². The molecule has 0 saturated heterocycles. The van der Waals surface area contributed by atoms with Crippen molar-refractivity contribution in [1.82, 2.24) is 0 Å². The van der Waals surface area contributed by atoms with Gasteiger partial charge in [-0.15, -0.1) is 0 Å². The fraction of sp³-hybridized carbons (Fsp3) is 0.273. The number of nitrogen functional groups attached to an aromatic ring is 1. The van der Waals surface area contributed by atoms with E-state index in [-0.39, 0.29) is 11.4 Å². The second-order valence-electron chi connectivity index (χ2n) is 4.21. The molecule has 5 nitrogen and oxygen atoms in total. The van der Waals surface area contributed by atoms with Crippen LogP contribution in [0, 0.1) is 10.1 Å². The average Bonchev–Trinajstić information content (AvgIpc) is 2.16. The number of benzene rings is 1. The number of fused-ring (bicyclic) bond motifs is 1. The first-order chi connectivity index (χ1) is 7.41. The standard InChI is InChI=1S/C11H12N2O3/c1-11(2)6-5-7-9(16-11)4-3-8(12)10(7)13(14)15/h3-6H,12H2,1-2H3. The number of nitro benzene ring substituents is 1. The molecule has 0 spiro atoms. The van der Waals surface area contributed by atoms with E-state index < -0.39 is 10.5 Å². The van der Waals surface area contributed by atoms with Gasteiger partial charge in [-0.3, -0.25) is 10.1 Å². The van der Waals surface area contributed by atoms with Crippen LogP contribution >= 0.6 is 0 Å². The number of nitro groups is 1. The highest BCUT2D eigenvalue weighted by Gasteiger charge is 2.28. The van der Waals surface area contributed by atoms with Crippen LogP contribution in [0.4, 0.5) is 11.4 Å². The van der Waals surface area contributed by atoms with E-state index >= 15 is 0 Å². The molecule has 0 aliphatic carbocycles. The first-order valence-electron chi connectivity index (χ1n) is 4.86. The molecule has 0 amide bonds. The number of rotatable bonds is 1. The second-order valence-corrected chi connectivity index (χ2v) is 4.21. The third-order valence-corrected chi connectivity index (χ3v) is 2.42. The number of nitrogens with zero attached hydrogens (tertiary/aromatic N) is 1. The molecule has 1 heterocycles. The zero-order valence-corrected chi connectivity index (χ0v) is 9.06. The van der Waals surface area contributed by atoms with Crippen molar-refractivity contribution in [3.63, 3.8) is 0 Å². The summed E-state index contributed by atoms with van der Waals surface area (Å²) in [5.41, 5.74) is 5.63. The van der Waals surface area contributed by atoms with Crippen molar-refractivity contribution in [3.8, 4) is 5.75 Å². The number of hydrogen-bond acceptors (Lipinski definition) is 4. The molecule has 1 aromatic carbocycles. The molecule has 1 aliphatic heterocycles. The fourth-order valence-corrected chi connectivity index (χ4v) is 1.66. The van der Waals surface area contributed by atoms with Crippen LogP contribution in [0.1, 0.15) is 19.4 Å². The van der Waals surface area contributed by atoms with Gasteiger partial charge in [-0.1, -0.05) is 0 Å². The van der Waals surface area contributed by atoms with Gasteiger partial charge in [0.25, 0.3) is 0 Å². The average molecular weight is 220 g/mol. The van der Waals surface area contributed by atoms with Gasteiger partial charge in [0, 0.05) is 0 Å². The summed E-state index contributed by atoms with van der Waals surface area (Å²) < 4.78 is 5.62. The summed E-state index contributed by atoms with van der Waals surface area (Å²) >= 11 is 0. The highest BCUT2D eigenvalue weighted by Crippen LogP contribution is 2.39. The molecule has 2 N–H and O–H groups in total. The lowest BCUT2D eigenvalue weighted by molar-refractivity contribution is -0.384. The third kappa shape index (κ3) is 1.60. The van der Waals surface area contributed by atoms with Crippen molar-refractivity contribution in [2.24, 2.45) is 0 Å². The number of ether oxygens (including phenoxy) is 1. The zero-order valence-electron chi connectivity index (χ0n) is 9.06. The monoisotopic (exact) mass is 220 g/mol. The Labute approximate surface area is 92.7 Å². The molecule has 0 radical (unpaired) electrons. The van der Waals surface area contributed by atoms with Gasteiger partial charge in [-0.25, -0.2) is 0 Å². The predicted molar refractivity (Wildman–Crippen MR) is 61.2 cm³/mol. The maximum Gasteiger partial charge on any atom is 0.302 e. The van der Waals surface area contributed by atoms with Gasteiger partial charge in [0.1, 0.15) is 17.0 Å². The summed E-state index contributed by atoms with van der Waals surface area (Å²) in [6.07, 6.45) is 3.47. The minimum Gasteiger partial charge on any atom is -0.483 e. The van der Waals surface area contributed by atoms with Crippen LogP contribution < -0.4 is 10.5 Å². The maximum absolute atomic E-state index is 10.9. The Morgan fingerprint density at radius 3 is 2.75 bits per heavy atom. The summed E-state index contributed by atoms with van der Waals surface area (Å²) in [6, 6.07) is 3.15. The molecule has 5 heteroatoms. The van der Waals surface area contributed by atoms with Gasteiger partial charge in [0.05, 0.1) is 10.5 Å². The van der Waals surface area contributed by atoms with E-state index in [9.17, 15) is 10.1 Å². The minimum absolute atomic E-state index is 0.0933. The van der Waals surface area contributed by atoms with E-state index in [1.54, 1.807) is 18.2 Å². The van der Waals surface area contributed by atoms with Crippen molar-refractivity contribution in [1.29, 1.82) is 0 Å². The van der Waals surface area contributed by atoms with Crippen LogP contribution in [-0.4, -0.2) is 10.5 Å². The Kier molecular flexibility index (Phi) is 2.11. The molecular formula is C11H12N2O3. The molecule has 0 unspecified atom stereocenters. The SMILES string of the molecule is CC1(C)C=Cc2c(ccc(N)c2[N+](=O)[O-])O1. The molecule has 0 saturated carbocycles. The third-order valence-electron chi connectivity index (χ3n) is 2.42. The van der Waals surface area contributed by atoms with E-state index in [0.29, 0.717) is 11.3 Å². The van der Waals surface area contributed by atoms with Crippen molar-refractivity contribution < 1.29 is 9.66 Å². The Hall–Kier alpha value is -2.04. The molecule has 0 atom stereocenters. The van der Waals surface area contributed by atoms with Crippen LogP contribution in [-0.2, 0) is 0 Å². The lowest BCUT2D eigenvalue weighted by atomic mass is 10.0. The first kappa shape index (κ1) is 10.5. The quantitative estimate of drug-likeness (QED) is 0.447. The topological polar surface area (TPSA) is 78.4 Å². The van der Waals surface area contributed by atoms with Crippen molar-refractivity contribution in [2.45, 2.75) is 19.4 Å². The second kappa shape index (κ2) is 3.23. The molecule has 0 bridgehead atoms. The number of anilines is 1. The molecule has 2 rings (SSSR count). The molecule has 16 heavy (non-hydrogen) atoms. The first-order valence-corrected chi connectivity index (χ1v) is 4.86. The van der Waals surface area contributed by atoms with E-state index in [4.69, 9.17) is 10.5 Å². The molecular weight excluding hydrogens is 208 g/mol. The predicted octanol–water partition coefficient (Wildman–Crippen LogP) is 2.36. The highest BCUT2D eigenvalue weighted by atomic mass is 16.6. The van der Waals surface area contributed by atoms with Crippen LogP contribution in [0.25, 0.3) is 6.08 Å². The number of nitrogens with two attached hydrogens (primary N) is 1. The summed E-state index contributed by atoms with van der Waals surface area (Å²) in [6.45, 7) is 3.77. The normalized spacial score (nSPS) is 16.4. The van der Waals surface area contributed by atoms with Crippen LogP contribution in [0.15, 0.2) is 18.2 Å². The van der Waals surface area contributed by atoms with Crippen molar-refractivity contribution in [2.75, 3.05) is 5.73 Å². The largest absolute Gasteiger partial charge is 0.483 e. The smallest absolute Gasteiger partial charge is 0.302 e. The van der Waals surface area contributed by atoms with Crippen LogP contribution in [0.5, 0.6) is 5.75 Å². The summed E-state index contributed by atoms with van der Waals surface area (Å²) in [5, 5.41) is 10.9. The minimum atomic E-state index is -0.486. The zero-order chi connectivity index (χ0) is 11.9. The molecule has 84 valence electrons. The van der Waals surface area contributed by atoms with Crippen LogP contribution in [0.3, 0.4) is 0 Å². The van der Waals surface area contributed by atoms with Crippen LogP contribution in [0.2, 0.25) is 0 Å². The lowest BCUT2D eigenvalue weighted by Gasteiger charge is -2.27. The summed E-state index contributed by atoms with van der Waals surface area (Å²) in [5.74, 6) is 0.494. The number of hydrogen-bond donors (Lipinski definition) is 1. The Morgan fingerprint density at radius 1 is 1.44 bits per heavy atom. The van der Waals surface area contributed by atoms with Crippen molar-refractivity contribution in [3.05, 3.63) is 33.9 Å². The van der Waals surface area contributed by atoms with E-state index in [1.165, 1.54) is 6.07 Å². The Bertz CT molecular complexity index is 492. The molecule has 0 fully saturated rings. The lowest BCUT2D eigenvalue weighted by Crippen LogP contribution is -2.27. The maximum atomic E-state index is 10.9. The van der Waals surface area contributed by atoms with Gasteiger partial charge in [0.15, 0.2) is 0 Å². The van der Waals surface area contributed by atoms with Gasteiger partial charge < -0.3 is 10.5 Å². The van der Waals surface area contributed by atoms with Crippen molar-refractivity contribution >= 4 is 17.5 Å². The Morgan fingerprint density at radius 2 is 2.12 bits per heavy atom. The van der Waals surface area contributed by atoms with Gasteiger partial charge >= 0.3 is 5.69 Å². The fourth-order valence-electron chi connectivity index (χ4n) is 1.66. The molecule has 1 aliphatic rings. The highest BCUT2D eigenvalue weighted by molar-refractivity contribution is 5.77. The van der Waals surface area contributed by atoms with Gasteiger partial charge in [0.2, 0.25) is 0 Å². The Balaban J connectivity index is 2.63.